The molecule has 3 aromatic rings. The van der Waals surface area contributed by atoms with Crippen LogP contribution in [0.15, 0.2) is 42.5 Å². The van der Waals surface area contributed by atoms with Crippen LogP contribution >= 0.6 is 22.6 Å². The van der Waals surface area contributed by atoms with E-state index in [1.165, 1.54) is 10.8 Å². The Bertz CT molecular complexity index is 737. The molecule has 3 rings (SSSR count). The number of halogens is 1. The second kappa shape index (κ2) is 3.91. The normalized spacial score (nSPS) is 11.1. The number of rotatable bonds is 0. The van der Waals surface area contributed by atoms with E-state index in [-0.39, 0.29) is 0 Å². The fourth-order valence-electron chi connectivity index (χ4n) is 2.08. The van der Waals surface area contributed by atoms with Crippen molar-refractivity contribution < 1.29 is 0 Å². The molecule has 0 aromatic heterocycles. The first-order chi connectivity index (χ1) is 8.16. The number of benzene rings is 3. The Hall–Kier alpha value is -1.23. The van der Waals surface area contributed by atoms with Gasteiger partial charge in [0.1, 0.15) is 7.85 Å². The van der Waals surface area contributed by atoms with E-state index in [1.807, 2.05) is 18.2 Å². The molecule has 0 aliphatic rings. The minimum atomic E-state index is 0.650. The Kier molecular flexibility index (Phi) is 2.51. The SMILES string of the molecule is [B]c1cc2cc3ccccc3cc2c(I)c1N. The van der Waals surface area contributed by atoms with Crippen LogP contribution in [0.2, 0.25) is 0 Å². The Morgan fingerprint density at radius 2 is 1.59 bits per heavy atom. The third-order valence-electron chi connectivity index (χ3n) is 3.01. The van der Waals surface area contributed by atoms with Crippen LogP contribution in [0.25, 0.3) is 21.5 Å². The first-order valence-electron chi connectivity index (χ1n) is 5.33. The van der Waals surface area contributed by atoms with Gasteiger partial charge in [-0.25, -0.2) is 0 Å². The number of hydrogen-bond donors (Lipinski definition) is 1. The molecule has 0 spiro atoms. The van der Waals surface area contributed by atoms with Gasteiger partial charge in [0, 0.05) is 9.26 Å². The molecular formula is C14H9BIN. The van der Waals surface area contributed by atoms with E-state index in [0.717, 1.165) is 14.3 Å². The molecule has 3 heteroatoms. The zero-order valence-electron chi connectivity index (χ0n) is 9.07. The van der Waals surface area contributed by atoms with Crippen LogP contribution < -0.4 is 11.2 Å². The molecule has 0 atom stereocenters. The third-order valence-corrected chi connectivity index (χ3v) is 4.17. The summed E-state index contributed by atoms with van der Waals surface area (Å²) in [5.74, 6) is 0. The molecule has 3 aromatic carbocycles. The number of nitrogens with two attached hydrogens (primary N) is 1. The van der Waals surface area contributed by atoms with Gasteiger partial charge in [0.2, 0.25) is 0 Å². The molecule has 2 N–H and O–H groups in total. The molecular weight excluding hydrogens is 320 g/mol. The van der Waals surface area contributed by atoms with Crippen molar-refractivity contribution in [3.8, 4) is 0 Å². The lowest BCUT2D eigenvalue weighted by Crippen LogP contribution is -2.11. The van der Waals surface area contributed by atoms with E-state index in [0.29, 0.717) is 11.2 Å². The molecule has 0 saturated heterocycles. The van der Waals surface area contributed by atoms with Crippen LogP contribution in [0, 0.1) is 3.57 Å². The molecule has 0 fully saturated rings. The molecule has 0 amide bonds. The lowest BCUT2D eigenvalue weighted by Gasteiger charge is -2.09. The van der Waals surface area contributed by atoms with Gasteiger partial charge in [-0.1, -0.05) is 35.8 Å². The summed E-state index contributed by atoms with van der Waals surface area (Å²) in [4.78, 5) is 0. The van der Waals surface area contributed by atoms with Crippen molar-refractivity contribution in [3.05, 3.63) is 46.0 Å². The van der Waals surface area contributed by atoms with E-state index >= 15 is 0 Å². The maximum Gasteiger partial charge on any atom is 0.116 e. The predicted octanol–water partition coefficient (Wildman–Crippen LogP) is 2.97. The maximum atomic E-state index is 5.96. The fourth-order valence-corrected chi connectivity index (χ4v) is 2.86. The number of nitrogen functional groups attached to an aromatic ring is 1. The molecule has 0 aliphatic carbocycles. The Balaban J connectivity index is 2.52. The fraction of sp³-hybridized carbons (Fsp3) is 0. The van der Waals surface area contributed by atoms with Crippen molar-refractivity contribution in [2.45, 2.75) is 0 Å². The number of anilines is 1. The highest BCUT2D eigenvalue weighted by atomic mass is 127. The van der Waals surface area contributed by atoms with Crippen LogP contribution in [0.5, 0.6) is 0 Å². The smallest absolute Gasteiger partial charge is 0.116 e. The van der Waals surface area contributed by atoms with E-state index in [1.54, 1.807) is 0 Å². The maximum absolute atomic E-state index is 5.96. The molecule has 17 heavy (non-hydrogen) atoms. The van der Waals surface area contributed by atoms with Crippen LogP contribution in [0.3, 0.4) is 0 Å². The lowest BCUT2D eigenvalue weighted by atomic mass is 9.90. The summed E-state index contributed by atoms with van der Waals surface area (Å²) in [5.41, 5.74) is 7.28. The van der Waals surface area contributed by atoms with Gasteiger partial charge in [-0.05, 0) is 56.3 Å². The zero-order valence-corrected chi connectivity index (χ0v) is 11.2. The molecule has 0 saturated carbocycles. The van der Waals surface area contributed by atoms with Gasteiger partial charge in [0.05, 0.1) is 0 Å². The molecule has 0 heterocycles. The molecule has 0 aliphatic heterocycles. The third kappa shape index (κ3) is 1.69. The second-order valence-corrected chi connectivity index (χ2v) is 5.19. The van der Waals surface area contributed by atoms with Gasteiger partial charge < -0.3 is 5.73 Å². The Labute approximate surface area is 115 Å². The van der Waals surface area contributed by atoms with Crippen molar-refractivity contribution in [1.29, 1.82) is 0 Å². The second-order valence-electron chi connectivity index (χ2n) is 4.11. The highest BCUT2D eigenvalue weighted by molar-refractivity contribution is 14.1. The highest BCUT2D eigenvalue weighted by Gasteiger charge is 2.06. The summed E-state index contributed by atoms with van der Waals surface area (Å²) in [6, 6.07) is 14.6. The van der Waals surface area contributed by atoms with Crippen molar-refractivity contribution in [2.75, 3.05) is 5.73 Å². The van der Waals surface area contributed by atoms with Gasteiger partial charge in [-0.15, -0.1) is 0 Å². The topological polar surface area (TPSA) is 26.0 Å². The standard InChI is InChI=1S/C14H9BIN/c15-12-7-10-5-8-3-1-2-4-9(8)6-11(10)13(16)14(12)17/h1-7H,17H2. The van der Waals surface area contributed by atoms with Crippen LogP contribution in [0.4, 0.5) is 5.69 Å². The van der Waals surface area contributed by atoms with Gasteiger partial charge in [-0.2, -0.15) is 0 Å². The number of fused-ring (bicyclic) bond motifs is 2. The average Bonchev–Trinajstić information content (AvgIpc) is 2.34. The summed E-state index contributed by atoms with van der Waals surface area (Å²) < 4.78 is 1.03. The highest BCUT2D eigenvalue weighted by Crippen LogP contribution is 2.28. The molecule has 2 radical (unpaired) electrons. The molecule has 80 valence electrons. The minimum Gasteiger partial charge on any atom is -0.398 e. The number of hydrogen-bond acceptors (Lipinski definition) is 1. The van der Waals surface area contributed by atoms with Crippen LogP contribution in [0.1, 0.15) is 0 Å². The summed E-state index contributed by atoms with van der Waals surface area (Å²) in [6.45, 7) is 0. The Morgan fingerprint density at radius 3 is 2.29 bits per heavy atom. The average molecular weight is 329 g/mol. The monoisotopic (exact) mass is 329 g/mol. The molecule has 0 unspecified atom stereocenters. The zero-order chi connectivity index (χ0) is 12.0. The van der Waals surface area contributed by atoms with E-state index in [9.17, 15) is 0 Å². The van der Waals surface area contributed by atoms with Crippen molar-refractivity contribution in [1.82, 2.24) is 0 Å². The van der Waals surface area contributed by atoms with E-state index in [4.69, 9.17) is 13.6 Å². The van der Waals surface area contributed by atoms with Crippen LogP contribution in [-0.4, -0.2) is 7.85 Å². The largest absolute Gasteiger partial charge is 0.398 e. The summed E-state index contributed by atoms with van der Waals surface area (Å²) in [7, 11) is 5.90. The van der Waals surface area contributed by atoms with E-state index in [2.05, 4.69) is 46.9 Å². The van der Waals surface area contributed by atoms with E-state index < -0.39 is 0 Å². The lowest BCUT2D eigenvalue weighted by molar-refractivity contribution is 1.73. The first kappa shape index (κ1) is 10.9. The quantitative estimate of drug-likeness (QED) is 0.292. The van der Waals surface area contributed by atoms with Gasteiger partial charge >= 0.3 is 0 Å². The summed E-state index contributed by atoms with van der Waals surface area (Å²) in [6.07, 6.45) is 0. The van der Waals surface area contributed by atoms with Crippen molar-refractivity contribution in [2.24, 2.45) is 0 Å². The van der Waals surface area contributed by atoms with Gasteiger partial charge in [0.15, 0.2) is 0 Å². The van der Waals surface area contributed by atoms with Crippen molar-refractivity contribution in [3.63, 3.8) is 0 Å². The summed E-state index contributed by atoms with van der Waals surface area (Å²) in [5, 5.41) is 4.75. The molecule has 0 bridgehead atoms. The predicted molar refractivity (Wildman–Crippen MR) is 84.0 cm³/mol. The summed E-state index contributed by atoms with van der Waals surface area (Å²) >= 11 is 2.26. The first-order valence-corrected chi connectivity index (χ1v) is 6.40. The van der Waals surface area contributed by atoms with Crippen molar-refractivity contribution >= 4 is 63.1 Å². The minimum absolute atomic E-state index is 0.650. The Morgan fingerprint density at radius 1 is 0.941 bits per heavy atom. The molecule has 1 nitrogen and oxygen atoms in total. The van der Waals surface area contributed by atoms with Gasteiger partial charge in [-0.3, -0.25) is 0 Å². The van der Waals surface area contributed by atoms with Gasteiger partial charge in [0.25, 0.3) is 0 Å². The van der Waals surface area contributed by atoms with Crippen LogP contribution in [-0.2, 0) is 0 Å².